The van der Waals surface area contributed by atoms with E-state index in [9.17, 15) is 4.79 Å². The number of amides is 1. The largest absolute Gasteiger partial charge is 0.350 e. The lowest BCUT2D eigenvalue weighted by molar-refractivity contribution is -0.126. The molecule has 134 valence electrons. The van der Waals surface area contributed by atoms with Crippen molar-refractivity contribution in [3.63, 3.8) is 0 Å². The molecule has 24 heavy (non-hydrogen) atoms. The lowest BCUT2D eigenvalue weighted by Gasteiger charge is -2.32. The second-order valence-electron chi connectivity index (χ2n) is 7.25. The van der Waals surface area contributed by atoms with Crippen molar-refractivity contribution >= 4 is 5.91 Å². The van der Waals surface area contributed by atoms with Crippen molar-refractivity contribution in [2.24, 2.45) is 5.73 Å². The maximum Gasteiger partial charge on any atom is 0.240 e. The Kier molecular flexibility index (Phi) is 6.78. The van der Waals surface area contributed by atoms with Gasteiger partial charge in [-0.2, -0.15) is 0 Å². The molecule has 0 bridgehead atoms. The lowest BCUT2D eigenvalue weighted by atomic mass is 9.96. The van der Waals surface area contributed by atoms with E-state index in [1.165, 1.54) is 5.56 Å². The Morgan fingerprint density at radius 2 is 1.75 bits per heavy atom. The molecule has 1 heterocycles. The number of hydrogen-bond donors (Lipinski definition) is 2. The Balaban J connectivity index is 1.80. The summed E-state index contributed by atoms with van der Waals surface area (Å²) >= 11 is 0. The number of nitrogens with two attached hydrogens (primary N) is 1. The van der Waals surface area contributed by atoms with Gasteiger partial charge in [0.15, 0.2) is 0 Å². The Morgan fingerprint density at radius 1 is 1.17 bits per heavy atom. The smallest absolute Gasteiger partial charge is 0.240 e. The molecular formula is C19H32N4O. The third-order valence-corrected chi connectivity index (χ3v) is 4.77. The van der Waals surface area contributed by atoms with Crippen LogP contribution in [0.4, 0.5) is 0 Å². The number of carbonyl (C=O) groups is 1. The van der Waals surface area contributed by atoms with E-state index in [1.807, 2.05) is 6.92 Å². The van der Waals surface area contributed by atoms with Gasteiger partial charge in [0.25, 0.3) is 0 Å². The summed E-state index contributed by atoms with van der Waals surface area (Å²) in [5.74, 6) is -0.0779. The molecule has 0 aromatic heterocycles. The molecule has 1 unspecified atom stereocenters. The van der Waals surface area contributed by atoms with Gasteiger partial charge in [0.1, 0.15) is 0 Å². The number of benzene rings is 1. The van der Waals surface area contributed by atoms with Crippen molar-refractivity contribution in [2.45, 2.75) is 45.3 Å². The maximum absolute atomic E-state index is 12.1. The molecule has 0 radical (unpaired) electrons. The van der Waals surface area contributed by atoms with Crippen molar-refractivity contribution in [1.29, 1.82) is 0 Å². The zero-order valence-electron chi connectivity index (χ0n) is 15.3. The van der Waals surface area contributed by atoms with Crippen LogP contribution in [0.5, 0.6) is 0 Å². The number of carbonyl (C=O) groups excluding carboxylic acids is 1. The molecule has 1 fully saturated rings. The van der Waals surface area contributed by atoms with Crippen LogP contribution in [-0.4, -0.2) is 54.5 Å². The van der Waals surface area contributed by atoms with Crippen molar-refractivity contribution in [1.82, 2.24) is 15.1 Å². The molecule has 5 heteroatoms. The van der Waals surface area contributed by atoms with E-state index in [0.29, 0.717) is 13.0 Å². The number of rotatable bonds is 7. The van der Waals surface area contributed by atoms with Gasteiger partial charge >= 0.3 is 0 Å². The molecule has 0 spiro atoms. The number of piperazine rings is 1. The fourth-order valence-electron chi connectivity index (χ4n) is 3.04. The molecule has 1 aromatic carbocycles. The molecule has 1 aromatic rings. The lowest BCUT2D eigenvalue weighted by Crippen LogP contribution is -2.51. The van der Waals surface area contributed by atoms with Gasteiger partial charge in [-0.3, -0.25) is 9.69 Å². The third-order valence-electron chi connectivity index (χ3n) is 4.77. The van der Waals surface area contributed by atoms with Gasteiger partial charge in [-0.1, -0.05) is 37.6 Å². The molecule has 1 aliphatic heterocycles. The van der Waals surface area contributed by atoms with Gasteiger partial charge < -0.3 is 16.0 Å². The summed E-state index contributed by atoms with van der Waals surface area (Å²) in [5.41, 5.74) is 7.70. The minimum Gasteiger partial charge on any atom is -0.350 e. The van der Waals surface area contributed by atoms with Gasteiger partial charge in [-0.05, 0) is 31.5 Å². The van der Waals surface area contributed by atoms with E-state index in [-0.39, 0.29) is 5.91 Å². The Morgan fingerprint density at radius 3 is 2.33 bits per heavy atom. The van der Waals surface area contributed by atoms with E-state index < -0.39 is 5.54 Å². The minimum absolute atomic E-state index is 0.0779. The fraction of sp³-hybridized carbons (Fsp3) is 0.632. The van der Waals surface area contributed by atoms with Crippen LogP contribution in [-0.2, 0) is 17.9 Å². The van der Waals surface area contributed by atoms with Gasteiger partial charge in [-0.25, -0.2) is 0 Å². The monoisotopic (exact) mass is 332 g/mol. The first kappa shape index (κ1) is 18.9. The molecule has 1 saturated heterocycles. The average molecular weight is 332 g/mol. The van der Waals surface area contributed by atoms with Crippen LogP contribution in [0.2, 0.25) is 0 Å². The summed E-state index contributed by atoms with van der Waals surface area (Å²) in [4.78, 5) is 17.0. The van der Waals surface area contributed by atoms with E-state index in [0.717, 1.165) is 44.7 Å². The highest BCUT2D eigenvalue weighted by atomic mass is 16.2. The first-order chi connectivity index (χ1) is 11.4. The molecule has 0 saturated carbocycles. The van der Waals surface area contributed by atoms with Gasteiger partial charge in [0, 0.05) is 39.3 Å². The first-order valence-corrected chi connectivity index (χ1v) is 8.96. The van der Waals surface area contributed by atoms with Crippen LogP contribution in [0.1, 0.15) is 37.8 Å². The van der Waals surface area contributed by atoms with Gasteiger partial charge in [0.05, 0.1) is 5.54 Å². The van der Waals surface area contributed by atoms with Crippen LogP contribution in [0, 0.1) is 0 Å². The summed E-state index contributed by atoms with van der Waals surface area (Å²) in [5, 5.41) is 2.95. The zero-order chi connectivity index (χ0) is 17.6. The standard InChI is InChI=1S/C19H32N4O/c1-4-9-19(2,20)18(24)21-14-16-5-7-17(8-6-16)15-23-12-10-22(3)11-13-23/h5-8H,4,9-15,20H2,1-3H3,(H,21,24). The molecule has 1 atom stereocenters. The van der Waals surface area contributed by atoms with Crippen LogP contribution in [0.15, 0.2) is 24.3 Å². The van der Waals surface area contributed by atoms with Crippen LogP contribution in [0.25, 0.3) is 0 Å². The predicted octanol–water partition coefficient (Wildman–Crippen LogP) is 1.57. The van der Waals surface area contributed by atoms with E-state index in [4.69, 9.17) is 5.73 Å². The molecule has 5 nitrogen and oxygen atoms in total. The van der Waals surface area contributed by atoms with E-state index in [2.05, 4.69) is 46.4 Å². The predicted molar refractivity (Wildman–Crippen MR) is 98.6 cm³/mol. The number of nitrogens with one attached hydrogen (secondary N) is 1. The summed E-state index contributed by atoms with van der Waals surface area (Å²) in [6.45, 7) is 9.89. The minimum atomic E-state index is -0.782. The Labute approximate surface area is 146 Å². The highest BCUT2D eigenvalue weighted by Gasteiger charge is 2.26. The third kappa shape index (κ3) is 5.58. The number of hydrogen-bond acceptors (Lipinski definition) is 4. The molecule has 0 aliphatic carbocycles. The Bertz CT molecular complexity index is 519. The van der Waals surface area contributed by atoms with Crippen LogP contribution in [0.3, 0.4) is 0 Å². The SMILES string of the molecule is CCCC(C)(N)C(=O)NCc1ccc(CN2CCN(C)CC2)cc1. The second-order valence-corrected chi connectivity index (χ2v) is 7.25. The van der Waals surface area contributed by atoms with Crippen LogP contribution >= 0.6 is 0 Å². The molecule has 3 N–H and O–H groups in total. The molecular weight excluding hydrogens is 300 g/mol. The van der Waals surface area contributed by atoms with Crippen LogP contribution < -0.4 is 11.1 Å². The fourth-order valence-corrected chi connectivity index (χ4v) is 3.04. The van der Waals surface area contributed by atoms with Crippen molar-refractivity contribution < 1.29 is 4.79 Å². The summed E-state index contributed by atoms with van der Waals surface area (Å²) < 4.78 is 0. The van der Waals surface area contributed by atoms with Crippen molar-refractivity contribution in [3.05, 3.63) is 35.4 Å². The maximum atomic E-state index is 12.1. The number of nitrogens with zero attached hydrogens (tertiary/aromatic N) is 2. The van der Waals surface area contributed by atoms with Crippen molar-refractivity contribution in [2.75, 3.05) is 33.2 Å². The summed E-state index contributed by atoms with van der Waals surface area (Å²) in [6, 6.07) is 8.51. The molecule has 2 rings (SSSR count). The normalized spacial score (nSPS) is 19.0. The van der Waals surface area contributed by atoms with E-state index >= 15 is 0 Å². The molecule has 1 aliphatic rings. The van der Waals surface area contributed by atoms with E-state index in [1.54, 1.807) is 6.92 Å². The average Bonchev–Trinajstić information content (AvgIpc) is 2.56. The second kappa shape index (κ2) is 8.60. The van der Waals surface area contributed by atoms with Gasteiger partial charge in [-0.15, -0.1) is 0 Å². The van der Waals surface area contributed by atoms with Gasteiger partial charge in [0.2, 0.25) is 5.91 Å². The summed E-state index contributed by atoms with van der Waals surface area (Å²) in [6.07, 6.45) is 1.60. The van der Waals surface area contributed by atoms with Crippen molar-refractivity contribution in [3.8, 4) is 0 Å². The highest BCUT2D eigenvalue weighted by molar-refractivity contribution is 5.85. The topological polar surface area (TPSA) is 61.6 Å². The first-order valence-electron chi connectivity index (χ1n) is 8.96. The molecule has 1 amide bonds. The quantitative estimate of drug-likeness (QED) is 0.796. The zero-order valence-corrected chi connectivity index (χ0v) is 15.3. The Hall–Kier alpha value is -1.43. The summed E-state index contributed by atoms with van der Waals surface area (Å²) in [7, 11) is 2.17. The highest BCUT2D eigenvalue weighted by Crippen LogP contribution is 2.11. The number of likely N-dealkylation sites (N-methyl/N-ethyl adjacent to an activating group) is 1.